The lowest BCUT2D eigenvalue weighted by molar-refractivity contribution is -0.127. The maximum absolute atomic E-state index is 11.7. The number of aliphatic hydroxyl groups is 1. The molecule has 0 aliphatic heterocycles. The van der Waals surface area contributed by atoms with Gasteiger partial charge < -0.3 is 27.2 Å². The predicted molar refractivity (Wildman–Crippen MR) is 64.2 cm³/mol. The number of urea groups is 1. The predicted octanol–water partition coefficient (Wildman–Crippen LogP) is -1.97. The molecule has 0 rings (SSSR count). The number of aliphatic hydroxyl groups excluding tert-OH is 1. The Labute approximate surface area is 105 Å². The molecule has 7 N–H and O–H groups in total. The number of hydrogen-bond acceptors (Lipinski definition) is 4. The molecule has 2 unspecified atom stereocenters. The fourth-order valence-corrected chi connectivity index (χ4v) is 1.30. The van der Waals surface area contributed by atoms with Crippen molar-refractivity contribution in [1.29, 1.82) is 0 Å². The van der Waals surface area contributed by atoms with Gasteiger partial charge in [-0.05, 0) is 12.3 Å². The lowest BCUT2D eigenvalue weighted by Gasteiger charge is -2.19. The minimum atomic E-state index is -1.46. The molecule has 4 amide bonds. The lowest BCUT2D eigenvalue weighted by Crippen LogP contribution is -2.51. The molecule has 8 nitrogen and oxygen atoms in total. The second-order valence-electron chi connectivity index (χ2n) is 4.35. The summed E-state index contributed by atoms with van der Waals surface area (Å²) in [5.74, 6) is -1.30. The molecule has 18 heavy (non-hydrogen) atoms. The van der Waals surface area contributed by atoms with Crippen molar-refractivity contribution in [3.8, 4) is 0 Å². The number of rotatable bonds is 7. The van der Waals surface area contributed by atoms with Gasteiger partial charge in [-0.15, -0.1) is 0 Å². The monoisotopic (exact) mass is 260 g/mol. The molecule has 0 heterocycles. The Morgan fingerprint density at radius 2 is 1.78 bits per heavy atom. The number of amides is 4. The van der Waals surface area contributed by atoms with Crippen molar-refractivity contribution < 1.29 is 19.5 Å². The second-order valence-corrected chi connectivity index (χ2v) is 4.35. The zero-order chi connectivity index (χ0) is 14.3. The van der Waals surface area contributed by atoms with E-state index in [1.54, 1.807) is 0 Å². The molecule has 2 atom stereocenters. The van der Waals surface area contributed by atoms with E-state index in [1.807, 2.05) is 13.8 Å². The normalized spacial score (nSPS) is 13.8. The number of carbonyl (C=O) groups excluding carboxylic acids is 3. The Bertz CT molecular complexity index is 319. The van der Waals surface area contributed by atoms with Gasteiger partial charge in [0, 0.05) is 0 Å². The van der Waals surface area contributed by atoms with Crippen LogP contribution in [-0.2, 0) is 9.59 Å². The van der Waals surface area contributed by atoms with Crippen LogP contribution in [-0.4, -0.2) is 41.6 Å². The first-order chi connectivity index (χ1) is 8.23. The molecule has 0 aromatic rings. The van der Waals surface area contributed by atoms with Crippen LogP contribution >= 0.6 is 0 Å². The Morgan fingerprint density at radius 3 is 2.17 bits per heavy atom. The first-order valence-electron chi connectivity index (χ1n) is 5.55. The summed E-state index contributed by atoms with van der Waals surface area (Å²) in [5, 5.41) is 13.7. The average molecular weight is 260 g/mol. The molecule has 0 bridgehead atoms. The van der Waals surface area contributed by atoms with Crippen molar-refractivity contribution in [1.82, 2.24) is 10.6 Å². The SMILES string of the molecule is CC(C)CC(NC(N)=O)C(=O)NCC(O)C(N)=O. The molecular formula is C10H20N4O4. The van der Waals surface area contributed by atoms with Crippen LogP contribution in [0, 0.1) is 5.92 Å². The largest absolute Gasteiger partial charge is 0.381 e. The molecule has 0 aliphatic rings. The first kappa shape index (κ1) is 16.2. The summed E-state index contributed by atoms with van der Waals surface area (Å²) in [5.41, 5.74) is 9.79. The van der Waals surface area contributed by atoms with Crippen molar-refractivity contribution in [3.63, 3.8) is 0 Å². The van der Waals surface area contributed by atoms with E-state index >= 15 is 0 Å². The quantitative estimate of drug-likeness (QED) is 0.361. The van der Waals surface area contributed by atoms with Gasteiger partial charge in [-0.1, -0.05) is 13.8 Å². The summed E-state index contributed by atoms with van der Waals surface area (Å²) >= 11 is 0. The average Bonchev–Trinajstić information content (AvgIpc) is 2.22. The van der Waals surface area contributed by atoms with Gasteiger partial charge in [0.05, 0.1) is 6.54 Å². The standard InChI is InChI=1S/C10H20N4O4/c1-5(2)3-6(14-10(12)18)9(17)13-4-7(15)8(11)16/h5-7,15H,3-4H2,1-2H3,(H2,11,16)(H,13,17)(H3,12,14,18). The second kappa shape index (κ2) is 7.49. The van der Waals surface area contributed by atoms with E-state index in [0.717, 1.165) is 0 Å². The molecule has 0 aromatic carbocycles. The molecule has 0 fully saturated rings. The summed E-state index contributed by atoms with van der Waals surface area (Å²) in [6.07, 6.45) is -1.07. The van der Waals surface area contributed by atoms with Gasteiger partial charge in [0.2, 0.25) is 11.8 Å². The Morgan fingerprint density at radius 1 is 1.22 bits per heavy atom. The van der Waals surface area contributed by atoms with Crippen LogP contribution in [0.3, 0.4) is 0 Å². The van der Waals surface area contributed by atoms with Crippen molar-refractivity contribution in [3.05, 3.63) is 0 Å². The number of primary amides is 2. The van der Waals surface area contributed by atoms with Gasteiger partial charge in [0.25, 0.3) is 0 Å². The van der Waals surface area contributed by atoms with E-state index in [-0.39, 0.29) is 12.5 Å². The molecule has 0 aliphatic carbocycles. The number of nitrogens with one attached hydrogen (secondary N) is 2. The summed E-state index contributed by atoms with van der Waals surface area (Å²) in [7, 11) is 0. The maximum atomic E-state index is 11.7. The third-order valence-corrected chi connectivity index (χ3v) is 2.14. The molecule has 104 valence electrons. The minimum Gasteiger partial charge on any atom is -0.381 e. The Hall–Kier alpha value is -1.83. The van der Waals surface area contributed by atoms with Gasteiger partial charge >= 0.3 is 6.03 Å². The van der Waals surface area contributed by atoms with E-state index < -0.39 is 30.0 Å². The van der Waals surface area contributed by atoms with Crippen LogP contribution in [0.15, 0.2) is 0 Å². The van der Waals surface area contributed by atoms with E-state index in [2.05, 4.69) is 10.6 Å². The van der Waals surface area contributed by atoms with Gasteiger partial charge in [0.1, 0.15) is 12.1 Å². The smallest absolute Gasteiger partial charge is 0.312 e. The Balaban J connectivity index is 4.37. The fraction of sp³-hybridized carbons (Fsp3) is 0.700. The highest BCUT2D eigenvalue weighted by molar-refractivity contribution is 5.87. The van der Waals surface area contributed by atoms with Crippen LogP contribution < -0.4 is 22.1 Å². The maximum Gasteiger partial charge on any atom is 0.312 e. The minimum absolute atomic E-state index is 0.161. The third-order valence-electron chi connectivity index (χ3n) is 2.14. The zero-order valence-corrected chi connectivity index (χ0v) is 10.5. The van der Waals surface area contributed by atoms with E-state index in [1.165, 1.54) is 0 Å². The van der Waals surface area contributed by atoms with Gasteiger partial charge in [-0.25, -0.2) is 4.79 Å². The third kappa shape index (κ3) is 6.69. The summed E-state index contributed by atoms with van der Waals surface area (Å²) in [6, 6.07) is -1.62. The van der Waals surface area contributed by atoms with E-state index in [0.29, 0.717) is 6.42 Å². The number of hydrogen-bond donors (Lipinski definition) is 5. The first-order valence-corrected chi connectivity index (χ1v) is 5.55. The molecule has 8 heteroatoms. The number of carbonyl (C=O) groups is 3. The van der Waals surface area contributed by atoms with Crippen LogP contribution in [0.1, 0.15) is 20.3 Å². The molecule has 0 radical (unpaired) electrons. The number of nitrogens with two attached hydrogens (primary N) is 2. The van der Waals surface area contributed by atoms with Crippen LogP contribution in [0.4, 0.5) is 4.79 Å². The lowest BCUT2D eigenvalue weighted by atomic mass is 10.0. The van der Waals surface area contributed by atoms with E-state index in [9.17, 15) is 14.4 Å². The van der Waals surface area contributed by atoms with Crippen molar-refractivity contribution >= 4 is 17.8 Å². The Kier molecular flexibility index (Phi) is 6.73. The van der Waals surface area contributed by atoms with Gasteiger partial charge in [-0.3, -0.25) is 9.59 Å². The van der Waals surface area contributed by atoms with Crippen molar-refractivity contribution in [2.24, 2.45) is 17.4 Å². The highest BCUT2D eigenvalue weighted by atomic mass is 16.3. The van der Waals surface area contributed by atoms with Gasteiger partial charge in [0.15, 0.2) is 0 Å². The zero-order valence-electron chi connectivity index (χ0n) is 10.5. The van der Waals surface area contributed by atoms with Gasteiger partial charge in [-0.2, -0.15) is 0 Å². The van der Waals surface area contributed by atoms with Crippen molar-refractivity contribution in [2.45, 2.75) is 32.4 Å². The molecule has 0 spiro atoms. The summed E-state index contributed by atoms with van der Waals surface area (Å²) in [4.78, 5) is 33.0. The molecule has 0 saturated carbocycles. The van der Waals surface area contributed by atoms with Crippen molar-refractivity contribution in [2.75, 3.05) is 6.54 Å². The highest BCUT2D eigenvalue weighted by Gasteiger charge is 2.22. The topological polar surface area (TPSA) is 148 Å². The van der Waals surface area contributed by atoms with Crippen LogP contribution in [0.25, 0.3) is 0 Å². The molecular weight excluding hydrogens is 240 g/mol. The molecule has 0 aromatic heterocycles. The molecule has 0 saturated heterocycles. The fourth-order valence-electron chi connectivity index (χ4n) is 1.30. The van der Waals surface area contributed by atoms with E-state index in [4.69, 9.17) is 16.6 Å². The highest BCUT2D eigenvalue weighted by Crippen LogP contribution is 2.04. The van der Waals surface area contributed by atoms with Crippen LogP contribution in [0.5, 0.6) is 0 Å². The summed E-state index contributed by atoms with van der Waals surface area (Å²) in [6.45, 7) is 3.45. The van der Waals surface area contributed by atoms with Crippen LogP contribution in [0.2, 0.25) is 0 Å². The summed E-state index contributed by atoms with van der Waals surface area (Å²) < 4.78 is 0.